The molecule has 1 aliphatic carbocycles. The molecule has 1 saturated heterocycles. The van der Waals surface area contributed by atoms with Crippen LogP contribution in [0, 0.1) is 12.8 Å². The second-order valence-electron chi connectivity index (χ2n) is 5.71. The van der Waals surface area contributed by atoms with Crippen LogP contribution in [0.25, 0.3) is 0 Å². The zero-order chi connectivity index (χ0) is 13.2. The van der Waals surface area contributed by atoms with Crippen molar-refractivity contribution >= 4 is 5.78 Å². The van der Waals surface area contributed by atoms with Crippen LogP contribution in [0.5, 0.6) is 0 Å². The van der Waals surface area contributed by atoms with Crippen LogP contribution < -0.4 is 0 Å². The van der Waals surface area contributed by atoms with Gasteiger partial charge in [0.2, 0.25) is 11.8 Å². The van der Waals surface area contributed by atoms with Gasteiger partial charge in [-0.05, 0) is 32.2 Å². The molecule has 104 valence electrons. The van der Waals surface area contributed by atoms with Crippen molar-refractivity contribution in [3.63, 3.8) is 0 Å². The number of likely N-dealkylation sites (tertiary alicyclic amines) is 1. The number of hydrogen-bond acceptors (Lipinski definition) is 5. The van der Waals surface area contributed by atoms with Crippen molar-refractivity contribution in [3.05, 3.63) is 11.8 Å². The maximum absolute atomic E-state index is 12.1. The van der Waals surface area contributed by atoms with Crippen molar-refractivity contribution in [2.24, 2.45) is 5.92 Å². The summed E-state index contributed by atoms with van der Waals surface area (Å²) < 4.78 is 5.46. The van der Waals surface area contributed by atoms with Crippen molar-refractivity contribution in [1.82, 2.24) is 15.1 Å². The van der Waals surface area contributed by atoms with E-state index in [4.69, 9.17) is 4.42 Å². The van der Waals surface area contributed by atoms with Gasteiger partial charge in [0.1, 0.15) is 5.78 Å². The van der Waals surface area contributed by atoms with E-state index in [0.717, 1.165) is 32.2 Å². The van der Waals surface area contributed by atoms with Crippen LogP contribution in [0.2, 0.25) is 0 Å². The van der Waals surface area contributed by atoms with Crippen LogP contribution in [0.3, 0.4) is 0 Å². The summed E-state index contributed by atoms with van der Waals surface area (Å²) in [5.41, 5.74) is 0. The van der Waals surface area contributed by atoms with Gasteiger partial charge in [0.05, 0.1) is 6.54 Å². The zero-order valence-electron chi connectivity index (χ0n) is 11.5. The van der Waals surface area contributed by atoms with Crippen LogP contribution >= 0.6 is 0 Å². The molecule has 0 bridgehead atoms. The number of carbonyl (C=O) groups excluding carboxylic acids is 1. The normalized spacial score (nSPS) is 29.0. The molecule has 0 spiro atoms. The fourth-order valence-electron chi connectivity index (χ4n) is 3.50. The van der Waals surface area contributed by atoms with E-state index >= 15 is 0 Å². The van der Waals surface area contributed by atoms with Gasteiger partial charge in [-0.3, -0.25) is 9.69 Å². The molecule has 1 aromatic heterocycles. The first-order valence-corrected chi connectivity index (χ1v) is 7.30. The number of Topliss-reactive ketones (excluding diaryl/α,β-unsaturated/α-hetero) is 1. The van der Waals surface area contributed by atoms with Gasteiger partial charge in [-0.15, -0.1) is 10.2 Å². The largest absolute Gasteiger partial charge is 0.424 e. The Morgan fingerprint density at radius 1 is 1.26 bits per heavy atom. The maximum atomic E-state index is 12.1. The van der Waals surface area contributed by atoms with Gasteiger partial charge in [0, 0.05) is 25.3 Å². The van der Waals surface area contributed by atoms with E-state index in [2.05, 4.69) is 15.1 Å². The van der Waals surface area contributed by atoms with Crippen LogP contribution in [0.15, 0.2) is 4.42 Å². The van der Waals surface area contributed by atoms with E-state index in [9.17, 15) is 4.79 Å². The molecule has 1 saturated carbocycles. The first kappa shape index (κ1) is 12.8. The molecule has 1 aliphatic heterocycles. The Morgan fingerprint density at radius 3 is 2.89 bits per heavy atom. The average molecular weight is 263 g/mol. The molecule has 2 heterocycles. The molecule has 3 rings (SSSR count). The Balaban J connectivity index is 1.68. The molecule has 0 N–H and O–H groups in total. The number of aryl methyl sites for hydroxylation is 1. The minimum Gasteiger partial charge on any atom is -0.424 e. The van der Waals surface area contributed by atoms with Gasteiger partial charge >= 0.3 is 0 Å². The van der Waals surface area contributed by atoms with Crippen molar-refractivity contribution in [1.29, 1.82) is 0 Å². The van der Waals surface area contributed by atoms with Crippen molar-refractivity contribution in [3.8, 4) is 0 Å². The molecule has 0 radical (unpaired) electrons. The molecule has 0 amide bonds. The first-order chi connectivity index (χ1) is 9.24. The number of ketones is 1. The van der Waals surface area contributed by atoms with Gasteiger partial charge in [-0.2, -0.15) is 0 Å². The van der Waals surface area contributed by atoms with Gasteiger partial charge in [0.25, 0.3) is 0 Å². The lowest BCUT2D eigenvalue weighted by molar-refractivity contribution is -0.126. The first-order valence-electron chi connectivity index (χ1n) is 7.30. The Labute approximate surface area is 113 Å². The molecule has 0 aromatic carbocycles. The van der Waals surface area contributed by atoms with Gasteiger partial charge in [-0.25, -0.2) is 0 Å². The topological polar surface area (TPSA) is 59.2 Å². The lowest BCUT2D eigenvalue weighted by atomic mass is 9.82. The van der Waals surface area contributed by atoms with E-state index < -0.39 is 0 Å². The van der Waals surface area contributed by atoms with Crippen molar-refractivity contribution in [2.75, 3.05) is 6.54 Å². The highest BCUT2D eigenvalue weighted by Gasteiger charge is 2.37. The van der Waals surface area contributed by atoms with E-state index in [-0.39, 0.29) is 5.92 Å². The zero-order valence-corrected chi connectivity index (χ0v) is 11.5. The smallest absolute Gasteiger partial charge is 0.230 e. The van der Waals surface area contributed by atoms with Crippen LogP contribution in [-0.2, 0) is 11.3 Å². The highest BCUT2D eigenvalue weighted by atomic mass is 16.4. The second kappa shape index (κ2) is 5.41. The molecule has 5 heteroatoms. The summed E-state index contributed by atoms with van der Waals surface area (Å²) in [4.78, 5) is 14.5. The molecule has 1 aromatic rings. The van der Waals surface area contributed by atoms with Crippen molar-refractivity contribution in [2.45, 2.75) is 58.0 Å². The lowest BCUT2D eigenvalue weighted by Gasteiger charge is -2.32. The third kappa shape index (κ3) is 2.71. The molecule has 2 fully saturated rings. The number of aromatic nitrogens is 2. The maximum Gasteiger partial charge on any atom is 0.230 e. The number of carbonyl (C=O) groups is 1. The Morgan fingerprint density at radius 2 is 2.16 bits per heavy atom. The van der Waals surface area contributed by atoms with Crippen molar-refractivity contribution < 1.29 is 9.21 Å². The summed E-state index contributed by atoms with van der Waals surface area (Å²) in [6, 6.07) is 0.389. The molecule has 2 atom stereocenters. The molecular formula is C14H21N3O2. The standard InChI is InChI=1S/C14H21N3O2/c1-10-15-16-14(19-10)9-17-8-4-6-12(17)11-5-2-3-7-13(11)18/h11-12H,2-9H2,1H3. The highest BCUT2D eigenvalue weighted by Crippen LogP contribution is 2.33. The minimum absolute atomic E-state index is 0.236. The Kier molecular flexibility index (Phi) is 3.64. The number of nitrogens with zero attached hydrogens (tertiary/aromatic N) is 3. The predicted molar refractivity (Wildman–Crippen MR) is 69.4 cm³/mol. The van der Waals surface area contributed by atoms with Crippen LogP contribution in [0.4, 0.5) is 0 Å². The summed E-state index contributed by atoms with van der Waals surface area (Å²) in [6.07, 6.45) is 6.40. The average Bonchev–Trinajstić information content (AvgIpc) is 3.00. The van der Waals surface area contributed by atoms with E-state index in [1.54, 1.807) is 0 Å². The van der Waals surface area contributed by atoms with Gasteiger partial charge in [-0.1, -0.05) is 6.42 Å². The third-order valence-corrected chi connectivity index (χ3v) is 4.39. The molecule has 2 unspecified atom stereocenters. The lowest BCUT2D eigenvalue weighted by Crippen LogP contribution is -2.40. The molecule has 19 heavy (non-hydrogen) atoms. The Bertz CT molecular complexity index is 457. The second-order valence-corrected chi connectivity index (χ2v) is 5.71. The molecule has 5 nitrogen and oxygen atoms in total. The fourth-order valence-corrected chi connectivity index (χ4v) is 3.50. The third-order valence-electron chi connectivity index (χ3n) is 4.39. The van der Waals surface area contributed by atoms with Crippen LogP contribution in [0.1, 0.15) is 50.3 Å². The SMILES string of the molecule is Cc1nnc(CN2CCCC2C2CCCCC2=O)o1. The fraction of sp³-hybridized carbons (Fsp3) is 0.786. The summed E-state index contributed by atoms with van der Waals surface area (Å²) in [7, 11) is 0. The summed E-state index contributed by atoms with van der Waals surface area (Å²) in [6.45, 7) is 3.54. The van der Waals surface area contributed by atoms with Gasteiger partial charge in [0.15, 0.2) is 0 Å². The molecular weight excluding hydrogens is 242 g/mol. The monoisotopic (exact) mass is 263 g/mol. The minimum atomic E-state index is 0.236. The summed E-state index contributed by atoms with van der Waals surface area (Å²) >= 11 is 0. The van der Waals surface area contributed by atoms with E-state index in [0.29, 0.717) is 30.2 Å². The van der Waals surface area contributed by atoms with E-state index in [1.807, 2.05) is 6.92 Å². The van der Waals surface area contributed by atoms with Crippen LogP contribution in [-0.4, -0.2) is 33.5 Å². The highest BCUT2D eigenvalue weighted by molar-refractivity contribution is 5.82. The van der Waals surface area contributed by atoms with E-state index in [1.165, 1.54) is 12.8 Å². The summed E-state index contributed by atoms with van der Waals surface area (Å²) in [5.74, 6) is 1.98. The quantitative estimate of drug-likeness (QED) is 0.835. The number of hydrogen-bond donors (Lipinski definition) is 0. The predicted octanol–water partition coefficient (Wildman–Crippen LogP) is 2.10. The molecule has 2 aliphatic rings. The number of rotatable bonds is 3. The summed E-state index contributed by atoms with van der Waals surface area (Å²) in [5, 5.41) is 7.94. The Hall–Kier alpha value is -1.23. The van der Waals surface area contributed by atoms with Gasteiger partial charge < -0.3 is 4.42 Å².